The summed E-state index contributed by atoms with van der Waals surface area (Å²) in [5, 5.41) is 2.88. The highest BCUT2D eigenvalue weighted by Crippen LogP contribution is 2.31. The summed E-state index contributed by atoms with van der Waals surface area (Å²) >= 11 is 0. The maximum Gasteiger partial charge on any atom is 0.261 e. The summed E-state index contributed by atoms with van der Waals surface area (Å²) in [5.41, 5.74) is 2.12. The third kappa shape index (κ3) is 2.10. The van der Waals surface area contributed by atoms with Crippen LogP contribution in [0.5, 0.6) is 11.6 Å². The molecule has 3 aliphatic rings. The van der Waals surface area contributed by atoms with Crippen molar-refractivity contribution in [2.75, 3.05) is 39.3 Å². The van der Waals surface area contributed by atoms with Crippen molar-refractivity contribution in [2.24, 2.45) is 0 Å². The Hall–Kier alpha value is -1.64. The van der Waals surface area contributed by atoms with Crippen LogP contribution in [0.1, 0.15) is 5.48 Å². The standard InChI is InChI=1S/C13H15N3O4S/c17-21(18,16-7-9-5-14-6-10(9)8-16)12-2-1-11-13(15-12)20-4-3-19-11/h1-2,14H,3-8H2/i3D2,4D2. The molecule has 0 fully saturated rings. The number of aromatic nitrogens is 1. The lowest BCUT2D eigenvalue weighted by Crippen LogP contribution is -2.33. The van der Waals surface area contributed by atoms with Gasteiger partial charge in [-0.05, 0) is 23.3 Å². The zero-order valence-corrected chi connectivity index (χ0v) is 11.7. The molecule has 4 rings (SSSR count). The van der Waals surface area contributed by atoms with Crippen LogP contribution in [0.15, 0.2) is 28.3 Å². The van der Waals surface area contributed by atoms with E-state index in [4.69, 9.17) is 15.0 Å². The van der Waals surface area contributed by atoms with Gasteiger partial charge in [-0.2, -0.15) is 9.29 Å². The van der Waals surface area contributed by atoms with E-state index in [1.54, 1.807) is 0 Å². The van der Waals surface area contributed by atoms with Crippen LogP contribution in [0.4, 0.5) is 0 Å². The lowest BCUT2D eigenvalue weighted by Gasteiger charge is -2.20. The first-order valence-corrected chi connectivity index (χ1v) is 7.84. The van der Waals surface area contributed by atoms with Gasteiger partial charge in [0, 0.05) is 26.2 Å². The van der Waals surface area contributed by atoms with E-state index < -0.39 is 23.1 Å². The van der Waals surface area contributed by atoms with E-state index in [0.29, 0.717) is 26.2 Å². The van der Waals surface area contributed by atoms with E-state index in [1.807, 2.05) is 0 Å². The van der Waals surface area contributed by atoms with Gasteiger partial charge in [-0.25, -0.2) is 8.42 Å². The van der Waals surface area contributed by atoms with Crippen LogP contribution >= 0.6 is 0 Å². The van der Waals surface area contributed by atoms with Crippen LogP contribution in [0, 0.1) is 0 Å². The molecule has 4 heterocycles. The number of ether oxygens (including phenoxy) is 2. The maximum atomic E-state index is 12.8. The van der Waals surface area contributed by atoms with Gasteiger partial charge >= 0.3 is 0 Å². The molecule has 0 bridgehead atoms. The normalized spacial score (nSPS) is 29.3. The molecule has 0 spiro atoms. The molecule has 1 aromatic heterocycles. The van der Waals surface area contributed by atoms with Crippen molar-refractivity contribution < 1.29 is 23.4 Å². The Bertz CT molecular complexity index is 871. The van der Waals surface area contributed by atoms with E-state index in [-0.39, 0.29) is 16.7 Å². The topological polar surface area (TPSA) is 80.8 Å². The van der Waals surface area contributed by atoms with E-state index in [1.165, 1.54) is 16.4 Å². The highest BCUT2D eigenvalue weighted by Gasteiger charge is 2.35. The van der Waals surface area contributed by atoms with E-state index in [0.717, 1.165) is 11.1 Å². The van der Waals surface area contributed by atoms with Crippen LogP contribution in [0.25, 0.3) is 0 Å². The summed E-state index contributed by atoms with van der Waals surface area (Å²) in [7, 11) is -3.88. The fourth-order valence-electron chi connectivity index (χ4n) is 2.58. The van der Waals surface area contributed by atoms with Crippen LogP contribution in [0.2, 0.25) is 0 Å². The molecule has 0 radical (unpaired) electrons. The Morgan fingerprint density at radius 1 is 1.19 bits per heavy atom. The number of rotatable bonds is 2. The van der Waals surface area contributed by atoms with Gasteiger partial charge in [0.1, 0.15) is 13.1 Å². The summed E-state index contributed by atoms with van der Waals surface area (Å²) in [6, 6.07) is 2.43. The predicted molar refractivity (Wildman–Crippen MR) is 73.9 cm³/mol. The van der Waals surface area contributed by atoms with Crippen LogP contribution < -0.4 is 14.8 Å². The largest absolute Gasteiger partial charge is 0.484 e. The Morgan fingerprint density at radius 3 is 2.67 bits per heavy atom. The zero-order chi connectivity index (χ0) is 18.0. The number of fused-ring (bicyclic) bond motifs is 1. The first-order chi connectivity index (χ1) is 11.6. The van der Waals surface area contributed by atoms with Gasteiger partial charge < -0.3 is 14.8 Å². The second kappa shape index (κ2) is 4.69. The number of hydrogen-bond donors (Lipinski definition) is 1. The van der Waals surface area contributed by atoms with Crippen LogP contribution in [-0.4, -0.2) is 57.0 Å². The monoisotopic (exact) mass is 313 g/mol. The second-order valence-corrected chi connectivity index (χ2v) is 6.83. The molecule has 0 unspecified atom stereocenters. The highest BCUT2D eigenvalue weighted by atomic mass is 32.2. The molecule has 7 nitrogen and oxygen atoms in total. The Morgan fingerprint density at radius 2 is 1.90 bits per heavy atom. The Kier molecular flexibility index (Phi) is 2.10. The molecule has 1 aromatic rings. The molecule has 1 N–H and O–H groups in total. The van der Waals surface area contributed by atoms with Crippen molar-refractivity contribution in [1.82, 2.24) is 14.6 Å². The average Bonchev–Trinajstić information content (AvgIpc) is 3.08. The molecule has 0 atom stereocenters. The van der Waals surface area contributed by atoms with Crippen molar-refractivity contribution in [3.05, 3.63) is 23.3 Å². The molecule has 3 aliphatic heterocycles. The minimum absolute atomic E-state index is 0.148. The molecule has 0 aliphatic carbocycles. The van der Waals surface area contributed by atoms with Gasteiger partial charge in [-0.1, -0.05) is 0 Å². The highest BCUT2D eigenvalue weighted by molar-refractivity contribution is 7.89. The van der Waals surface area contributed by atoms with Crippen molar-refractivity contribution in [3.63, 3.8) is 0 Å². The number of hydrogen-bond acceptors (Lipinski definition) is 6. The molecule has 0 saturated carbocycles. The third-order valence-corrected chi connectivity index (χ3v) is 5.36. The third-order valence-electron chi connectivity index (χ3n) is 3.67. The number of pyridine rings is 1. The lowest BCUT2D eigenvalue weighted by atomic mass is 10.2. The summed E-state index contributed by atoms with van der Waals surface area (Å²) in [5.74, 6) is -0.534. The van der Waals surface area contributed by atoms with Gasteiger partial charge in [-0.15, -0.1) is 0 Å². The molecular weight excluding hydrogens is 294 g/mol. The van der Waals surface area contributed by atoms with Crippen molar-refractivity contribution in [2.45, 2.75) is 5.03 Å². The summed E-state index contributed by atoms with van der Waals surface area (Å²) in [6.45, 7) is -3.57. The predicted octanol–water partition coefficient (Wildman–Crippen LogP) is -0.243. The van der Waals surface area contributed by atoms with Crippen molar-refractivity contribution >= 4 is 10.0 Å². The SMILES string of the molecule is [2H]C1([2H])Oc2ccc(S(=O)(=O)N3CC4=C(CNC4)C3)nc2OC1([2H])[2H]. The lowest BCUT2D eigenvalue weighted by molar-refractivity contribution is 0.163. The van der Waals surface area contributed by atoms with Gasteiger partial charge in [0.15, 0.2) is 10.8 Å². The molecule has 0 aromatic carbocycles. The minimum atomic E-state index is -3.88. The summed E-state index contributed by atoms with van der Waals surface area (Å²) in [4.78, 5) is 3.87. The molecule has 0 saturated heterocycles. The average molecular weight is 313 g/mol. The van der Waals surface area contributed by atoms with Gasteiger partial charge in [0.25, 0.3) is 15.9 Å². The molecule has 0 amide bonds. The minimum Gasteiger partial charge on any atom is -0.484 e. The number of sulfonamides is 1. The van der Waals surface area contributed by atoms with Crippen LogP contribution in [-0.2, 0) is 10.0 Å². The first kappa shape index (κ1) is 9.39. The fraction of sp³-hybridized carbons (Fsp3) is 0.462. The van der Waals surface area contributed by atoms with Crippen molar-refractivity contribution in [3.8, 4) is 11.6 Å². The maximum absolute atomic E-state index is 12.8. The molecule has 112 valence electrons. The first-order valence-electron chi connectivity index (χ1n) is 8.40. The second-order valence-electron chi connectivity index (χ2n) is 4.94. The number of nitrogens with one attached hydrogen (secondary N) is 1. The molecule has 8 heteroatoms. The van der Waals surface area contributed by atoms with Gasteiger partial charge in [0.05, 0.1) is 5.48 Å². The van der Waals surface area contributed by atoms with Gasteiger partial charge in [0.2, 0.25) is 0 Å². The Balaban J connectivity index is 1.65. The quantitative estimate of drug-likeness (QED) is 0.759. The fourth-order valence-corrected chi connectivity index (χ4v) is 3.94. The number of nitrogens with zero attached hydrogens (tertiary/aromatic N) is 2. The van der Waals surface area contributed by atoms with Crippen molar-refractivity contribution in [1.29, 1.82) is 0 Å². The van der Waals surface area contributed by atoms with E-state index in [9.17, 15) is 8.42 Å². The van der Waals surface area contributed by atoms with Crippen LogP contribution in [0.3, 0.4) is 0 Å². The van der Waals surface area contributed by atoms with Gasteiger partial charge in [-0.3, -0.25) is 0 Å². The Labute approximate surface area is 128 Å². The van der Waals surface area contributed by atoms with E-state index >= 15 is 0 Å². The zero-order valence-electron chi connectivity index (χ0n) is 14.9. The van der Waals surface area contributed by atoms with E-state index in [2.05, 4.69) is 10.3 Å². The summed E-state index contributed by atoms with van der Waals surface area (Å²) < 4.78 is 66.9. The molecule has 21 heavy (non-hydrogen) atoms. The molecular formula is C13H15N3O4S. The summed E-state index contributed by atoms with van der Waals surface area (Å²) in [6.07, 6.45) is 0. The smallest absolute Gasteiger partial charge is 0.261 e.